The van der Waals surface area contributed by atoms with E-state index in [0.717, 1.165) is 33.3 Å². The molecule has 0 spiro atoms. The minimum atomic E-state index is -1.54. The van der Waals surface area contributed by atoms with Gasteiger partial charge in [-0.25, -0.2) is 0 Å². The van der Waals surface area contributed by atoms with E-state index in [1.165, 1.54) is 0 Å². The van der Waals surface area contributed by atoms with E-state index in [1.54, 1.807) is 16.5 Å². The molecule has 0 bridgehead atoms. The summed E-state index contributed by atoms with van der Waals surface area (Å²) in [6, 6.07) is 18.3. The molecular formula is C27H29N5O2. The molecule has 0 saturated carbocycles. The quantitative estimate of drug-likeness (QED) is 0.499. The third-order valence-corrected chi connectivity index (χ3v) is 6.53. The fourth-order valence-corrected chi connectivity index (χ4v) is 4.76. The number of amides is 1. The predicted octanol–water partition coefficient (Wildman–Crippen LogP) is 3.51. The number of hydrogen-bond donors (Lipinski definition) is 1. The largest absolute Gasteiger partial charge is 0.378 e. The maximum Gasteiger partial charge on any atom is 0.256 e. The van der Waals surface area contributed by atoms with Crippen LogP contribution in [-0.4, -0.2) is 62.5 Å². The first-order valence-corrected chi connectivity index (χ1v) is 11.6. The second kappa shape index (κ2) is 8.91. The highest BCUT2D eigenvalue weighted by molar-refractivity contribution is 5.94. The highest BCUT2D eigenvalue weighted by Crippen LogP contribution is 2.28. The highest BCUT2D eigenvalue weighted by Gasteiger charge is 2.37. The number of aryl methyl sites for hydroxylation is 1. The first-order chi connectivity index (χ1) is 16.4. The number of hydrogen-bond acceptors (Lipinski definition) is 5. The van der Waals surface area contributed by atoms with Gasteiger partial charge in [0.2, 0.25) is 0 Å². The number of pyridine rings is 1. The Morgan fingerprint density at radius 1 is 1.03 bits per heavy atom. The van der Waals surface area contributed by atoms with Gasteiger partial charge < -0.3 is 14.9 Å². The molecule has 174 valence electrons. The van der Waals surface area contributed by atoms with Crippen molar-refractivity contribution < 1.29 is 9.90 Å². The Labute approximate surface area is 199 Å². The van der Waals surface area contributed by atoms with Crippen LogP contribution in [0.1, 0.15) is 12.6 Å². The Hall–Kier alpha value is -3.71. The number of anilines is 1. The minimum Gasteiger partial charge on any atom is -0.378 e. The molecule has 34 heavy (non-hydrogen) atoms. The molecule has 0 aliphatic carbocycles. The van der Waals surface area contributed by atoms with E-state index >= 15 is 0 Å². The number of nitrogens with zero attached hydrogens (tertiary/aromatic N) is 5. The fraction of sp³-hybridized carbons (Fsp3) is 0.296. The monoisotopic (exact) mass is 455 g/mol. The Bertz CT molecular complexity index is 1300. The van der Waals surface area contributed by atoms with Crippen LogP contribution < -0.4 is 4.90 Å². The van der Waals surface area contributed by atoms with Gasteiger partial charge in [-0.05, 0) is 31.5 Å². The molecule has 1 fully saturated rings. The summed E-state index contributed by atoms with van der Waals surface area (Å²) in [5, 5.41) is 17.9. The molecule has 1 atom stereocenters. The van der Waals surface area contributed by atoms with Gasteiger partial charge in [0, 0.05) is 66.8 Å². The van der Waals surface area contributed by atoms with Crippen molar-refractivity contribution >= 4 is 22.4 Å². The van der Waals surface area contributed by atoms with Crippen molar-refractivity contribution in [1.29, 1.82) is 0 Å². The molecule has 3 heterocycles. The van der Waals surface area contributed by atoms with Crippen molar-refractivity contribution in [2.75, 3.05) is 31.1 Å². The summed E-state index contributed by atoms with van der Waals surface area (Å²) in [6.45, 7) is 6.17. The van der Waals surface area contributed by atoms with E-state index in [1.807, 2.05) is 68.0 Å². The number of carbonyl (C=O) groups excluding carboxylic acids is 1. The topological polar surface area (TPSA) is 74.5 Å². The van der Waals surface area contributed by atoms with Crippen LogP contribution >= 0.6 is 0 Å². The second-order valence-electron chi connectivity index (χ2n) is 9.12. The van der Waals surface area contributed by atoms with Gasteiger partial charge in [-0.3, -0.25) is 14.5 Å². The van der Waals surface area contributed by atoms with Crippen molar-refractivity contribution in [2.45, 2.75) is 26.0 Å². The van der Waals surface area contributed by atoms with Crippen molar-refractivity contribution in [1.82, 2.24) is 19.7 Å². The van der Waals surface area contributed by atoms with E-state index < -0.39 is 5.60 Å². The zero-order valence-electron chi connectivity index (χ0n) is 19.6. The Balaban J connectivity index is 1.26. The molecule has 5 rings (SSSR count). The summed E-state index contributed by atoms with van der Waals surface area (Å²) in [5.41, 5.74) is 2.55. The van der Waals surface area contributed by atoms with Crippen molar-refractivity contribution in [2.24, 2.45) is 0 Å². The molecule has 1 aliphatic rings. The van der Waals surface area contributed by atoms with Crippen LogP contribution in [0.5, 0.6) is 0 Å². The van der Waals surface area contributed by atoms with E-state index in [4.69, 9.17) is 0 Å². The molecule has 1 saturated heterocycles. The van der Waals surface area contributed by atoms with Gasteiger partial charge in [0.15, 0.2) is 5.60 Å². The lowest BCUT2D eigenvalue weighted by Crippen LogP contribution is -2.56. The Morgan fingerprint density at radius 3 is 2.56 bits per heavy atom. The van der Waals surface area contributed by atoms with Crippen LogP contribution in [0.25, 0.3) is 21.9 Å². The maximum absolute atomic E-state index is 13.2. The number of carbonyl (C=O) groups is 1. The summed E-state index contributed by atoms with van der Waals surface area (Å²) in [5.74, 6) is -0.260. The maximum atomic E-state index is 13.2. The third kappa shape index (κ3) is 4.26. The van der Waals surface area contributed by atoms with E-state index in [-0.39, 0.29) is 12.5 Å². The SMILES string of the molecule is Cc1nn(C[C@](C)(O)C(=O)N2CCN(c3cccc4cnccc34)CC2)cc1-c1ccccc1. The summed E-state index contributed by atoms with van der Waals surface area (Å²) < 4.78 is 1.68. The van der Waals surface area contributed by atoms with Crippen LogP contribution in [0.3, 0.4) is 0 Å². The Morgan fingerprint density at radius 2 is 1.79 bits per heavy atom. The second-order valence-corrected chi connectivity index (χ2v) is 9.12. The normalized spacial score (nSPS) is 16.0. The zero-order chi connectivity index (χ0) is 23.7. The van der Waals surface area contributed by atoms with E-state index in [0.29, 0.717) is 26.2 Å². The van der Waals surface area contributed by atoms with Crippen LogP contribution in [-0.2, 0) is 11.3 Å². The van der Waals surface area contributed by atoms with Gasteiger partial charge in [-0.15, -0.1) is 0 Å². The highest BCUT2D eigenvalue weighted by atomic mass is 16.3. The summed E-state index contributed by atoms with van der Waals surface area (Å²) in [7, 11) is 0. The van der Waals surface area contributed by atoms with Crippen molar-refractivity contribution in [3.63, 3.8) is 0 Å². The molecule has 2 aromatic carbocycles. The van der Waals surface area contributed by atoms with Crippen LogP contribution in [0.4, 0.5) is 5.69 Å². The molecular weight excluding hydrogens is 426 g/mol. The number of piperazine rings is 1. The third-order valence-electron chi connectivity index (χ3n) is 6.53. The lowest BCUT2D eigenvalue weighted by Gasteiger charge is -2.39. The average molecular weight is 456 g/mol. The predicted molar refractivity (Wildman–Crippen MR) is 134 cm³/mol. The van der Waals surface area contributed by atoms with Crippen LogP contribution in [0.15, 0.2) is 73.2 Å². The molecule has 7 nitrogen and oxygen atoms in total. The molecule has 1 aliphatic heterocycles. The lowest BCUT2D eigenvalue weighted by atomic mass is 10.0. The van der Waals surface area contributed by atoms with Crippen LogP contribution in [0, 0.1) is 6.92 Å². The summed E-state index contributed by atoms with van der Waals surface area (Å²) >= 11 is 0. The van der Waals surface area contributed by atoms with Crippen LogP contribution in [0.2, 0.25) is 0 Å². The van der Waals surface area contributed by atoms with Gasteiger partial charge in [-0.1, -0.05) is 42.5 Å². The number of aromatic nitrogens is 3. The van der Waals surface area contributed by atoms with E-state index in [2.05, 4.69) is 27.1 Å². The van der Waals surface area contributed by atoms with E-state index in [9.17, 15) is 9.90 Å². The van der Waals surface area contributed by atoms with Crippen molar-refractivity contribution in [3.05, 3.63) is 78.9 Å². The zero-order valence-corrected chi connectivity index (χ0v) is 19.6. The molecule has 0 radical (unpaired) electrons. The average Bonchev–Trinajstić information content (AvgIpc) is 3.23. The summed E-state index contributed by atoms with van der Waals surface area (Å²) in [4.78, 5) is 21.5. The first-order valence-electron chi connectivity index (χ1n) is 11.6. The Kier molecular flexibility index (Phi) is 5.79. The lowest BCUT2D eigenvalue weighted by molar-refractivity contribution is -0.151. The first kappa shape index (κ1) is 22.1. The standard InChI is InChI=1S/C27H29N5O2/c1-20-24(21-7-4-3-5-8-21)18-32(29-20)19-27(2,34)26(33)31-15-13-30(14-16-31)25-10-6-9-22-17-28-12-11-23(22)25/h3-12,17-18,34H,13-16,19H2,1-2H3/t27-/m0/s1. The molecule has 1 N–H and O–H groups in total. The smallest absolute Gasteiger partial charge is 0.256 e. The number of benzene rings is 2. The molecule has 4 aromatic rings. The van der Waals surface area contributed by atoms with Gasteiger partial charge in [0.25, 0.3) is 5.91 Å². The molecule has 2 aromatic heterocycles. The summed E-state index contributed by atoms with van der Waals surface area (Å²) in [6.07, 6.45) is 5.58. The number of fused-ring (bicyclic) bond motifs is 1. The van der Waals surface area contributed by atoms with Crippen molar-refractivity contribution in [3.8, 4) is 11.1 Å². The fourth-order valence-electron chi connectivity index (χ4n) is 4.76. The van der Waals surface area contributed by atoms with Gasteiger partial charge in [0.1, 0.15) is 0 Å². The molecule has 1 amide bonds. The molecule has 7 heteroatoms. The number of rotatable bonds is 5. The van der Waals surface area contributed by atoms with Gasteiger partial charge in [0.05, 0.1) is 12.2 Å². The number of aliphatic hydroxyl groups is 1. The molecule has 0 unspecified atom stereocenters. The van der Waals surface area contributed by atoms with Gasteiger partial charge >= 0.3 is 0 Å². The van der Waals surface area contributed by atoms with Gasteiger partial charge in [-0.2, -0.15) is 5.10 Å². The minimum absolute atomic E-state index is 0.107.